The van der Waals surface area contributed by atoms with E-state index >= 15 is 0 Å². The minimum Gasteiger partial charge on any atom is -0.315 e. The van der Waals surface area contributed by atoms with Crippen molar-refractivity contribution >= 4 is 15.7 Å². The molecule has 6 heteroatoms. The lowest BCUT2D eigenvalue weighted by molar-refractivity contribution is 0.592. The average Bonchev–Trinajstić information content (AvgIpc) is 3.07. The third-order valence-corrected chi connectivity index (χ3v) is 5.11. The maximum Gasteiger partial charge on any atom is 0.209 e. The molecule has 0 bridgehead atoms. The number of hydrogen-bond donors (Lipinski definition) is 1. The van der Waals surface area contributed by atoms with Gasteiger partial charge in [0.1, 0.15) is 6.04 Å². The lowest BCUT2D eigenvalue weighted by Gasteiger charge is -2.16. The third-order valence-electron chi connectivity index (χ3n) is 4.44. The van der Waals surface area contributed by atoms with E-state index in [1.54, 1.807) is 0 Å². The zero-order valence-corrected chi connectivity index (χ0v) is 15.1. The fraction of sp³-hybridized carbons (Fsp3) is 0.150. The largest absolute Gasteiger partial charge is 0.315 e. The molecule has 1 aromatic heterocycles. The van der Waals surface area contributed by atoms with Crippen LogP contribution in [0.1, 0.15) is 22.9 Å². The van der Waals surface area contributed by atoms with E-state index in [9.17, 15) is 8.42 Å². The van der Waals surface area contributed by atoms with Crippen LogP contribution >= 0.6 is 0 Å². The Morgan fingerprint density at radius 2 is 1.73 bits per heavy atom. The number of sulfonamides is 1. The number of benzene rings is 2. The fourth-order valence-corrected chi connectivity index (χ4v) is 3.68. The molecule has 1 atom stereocenters. The van der Waals surface area contributed by atoms with Crippen LogP contribution in [0, 0.1) is 0 Å². The highest BCUT2D eigenvalue weighted by Crippen LogP contribution is 2.34. The van der Waals surface area contributed by atoms with Crippen molar-refractivity contribution in [3.8, 4) is 5.69 Å². The molecular weight excluding hydrogens is 346 g/mol. The quantitative estimate of drug-likeness (QED) is 0.773. The Morgan fingerprint density at radius 3 is 2.50 bits per heavy atom. The summed E-state index contributed by atoms with van der Waals surface area (Å²) in [5, 5.41) is 0. The molecule has 3 aromatic rings. The summed E-state index contributed by atoms with van der Waals surface area (Å²) in [4.78, 5) is 4.97. The number of aliphatic imine (C=N–C) groups is 1. The molecule has 1 unspecified atom stereocenters. The molecule has 4 rings (SSSR count). The van der Waals surface area contributed by atoms with Crippen molar-refractivity contribution in [1.82, 2.24) is 9.29 Å². The third kappa shape index (κ3) is 3.21. The first-order valence-electron chi connectivity index (χ1n) is 8.36. The van der Waals surface area contributed by atoms with Gasteiger partial charge in [-0.3, -0.25) is 4.99 Å². The smallest absolute Gasteiger partial charge is 0.209 e. The summed E-state index contributed by atoms with van der Waals surface area (Å²) in [6.07, 6.45) is 3.14. The molecule has 2 heterocycles. The number of para-hydroxylation sites is 1. The number of nitrogens with one attached hydrogen (secondary N) is 1. The van der Waals surface area contributed by atoms with E-state index in [1.165, 1.54) is 0 Å². The Labute approximate surface area is 153 Å². The monoisotopic (exact) mass is 365 g/mol. The van der Waals surface area contributed by atoms with Gasteiger partial charge in [-0.25, -0.2) is 13.1 Å². The van der Waals surface area contributed by atoms with Gasteiger partial charge < -0.3 is 4.57 Å². The van der Waals surface area contributed by atoms with Crippen LogP contribution in [0.4, 0.5) is 0 Å². The van der Waals surface area contributed by atoms with Crippen LogP contribution in [0.2, 0.25) is 0 Å². The van der Waals surface area contributed by atoms with E-state index < -0.39 is 10.0 Å². The molecule has 0 radical (unpaired) electrons. The predicted octanol–water partition coefficient (Wildman–Crippen LogP) is 2.92. The fourth-order valence-electron chi connectivity index (χ4n) is 3.28. The molecule has 0 spiro atoms. The molecule has 0 saturated carbocycles. The van der Waals surface area contributed by atoms with Gasteiger partial charge in [0, 0.05) is 11.8 Å². The molecule has 1 N–H and O–H groups in total. The number of rotatable bonds is 4. The molecule has 5 nitrogen and oxygen atoms in total. The summed E-state index contributed by atoms with van der Waals surface area (Å²) < 4.78 is 27.9. The number of fused-ring (bicyclic) bond motifs is 3. The molecule has 1 aliphatic rings. The van der Waals surface area contributed by atoms with Gasteiger partial charge in [-0.2, -0.15) is 0 Å². The van der Waals surface area contributed by atoms with Gasteiger partial charge in [0.25, 0.3) is 0 Å². The molecule has 1 aliphatic heterocycles. The zero-order chi connectivity index (χ0) is 18.1. The molecular formula is C20H19N3O2S. The van der Waals surface area contributed by atoms with E-state index in [1.807, 2.05) is 60.8 Å². The Balaban J connectivity index is 1.90. The Bertz CT molecular complexity index is 1070. The van der Waals surface area contributed by atoms with E-state index in [0.29, 0.717) is 5.71 Å². The summed E-state index contributed by atoms with van der Waals surface area (Å²) in [5.41, 5.74) is 4.82. The average molecular weight is 365 g/mol. The van der Waals surface area contributed by atoms with Crippen LogP contribution in [0.15, 0.2) is 77.9 Å². The van der Waals surface area contributed by atoms with Gasteiger partial charge in [-0.1, -0.05) is 48.5 Å². The molecule has 0 amide bonds. The van der Waals surface area contributed by atoms with Crippen molar-refractivity contribution < 1.29 is 8.42 Å². The first-order chi connectivity index (χ1) is 12.5. The minimum absolute atomic E-state index is 0.153. The van der Waals surface area contributed by atoms with Crippen molar-refractivity contribution in [2.24, 2.45) is 4.99 Å². The Hall–Kier alpha value is -2.70. The minimum atomic E-state index is -3.31. The van der Waals surface area contributed by atoms with Crippen molar-refractivity contribution in [2.45, 2.75) is 6.04 Å². The van der Waals surface area contributed by atoms with Crippen molar-refractivity contribution in [2.75, 3.05) is 12.8 Å². The van der Waals surface area contributed by atoms with E-state index in [2.05, 4.69) is 21.4 Å². The van der Waals surface area contributed by atoms with Crippen LogP contribution in [0.5, 0.6) is 0 Å². The SMILES string of the molecule is CS(=O)(=O)NCC1=NC(c2ccccc2)c2ccccc2-n2cccc21. The van der Waals surface area contributed by atoms with Crippen LogP contribution in [0.3, 0.4) is 0 Å². The lowest BCUT2D eigenvalue weighted by atomic mass is 9.98. The van der Waals surface area contributed by atoms with Gasteiger partial charge in [-0.15, -0.1) is 0 Å². The summed E-state index contributed by atoms with van der Waals surface area (Å²) in [7, 11) is -3.31. The van der Waals surface area contributed by atoms with E-state index in [0.717, 1.165) is 28.8 Å². The maximum absolute atomic E-state index is 11.6. The first-order valence-corrected chi connectivity index (χ1v) is 10.3. The van der Waals surface area contributed by atoms with Crippen LogP contribution in [-0.4, -0.2) is 31.5 Å². The van der Waals surface area contributed by atoms with Gasteiger partial charge in [0.05, 0.1) is 29.9 Å². The van der Waals surface area contributed by atoms with Gasteiger partial charge in [0.2, 0.25) is 10.0 Å². The standard InChI is InChI=1S/C20H19N3O2S/c1-26(24,25)21-14-17-19-12-7-13-23(19)18-11-6-5-10-16(18)20(22-17)15-8-3-2-4-9-15/h2-13,20-21H,14H2,1H3. The van der Waals surface area contributed by atoms with Crippen molar-refractivity contribution in [3.63, 3.8) is 0 Å². The molecule has 26 heavy (non-hydrogen) atoms. The second-order valence-electron chi connectivity index (χ2n) is 6.30. The summed E-state index contributed by atoms with van der Waals surface area (Å²) in [5.74, 6) is 0. The lowest BCUT2D eigenvalue weighted by Crippen LogP contribution is -2.30. The zero-order valence-electron chi connectivity index (χ0n) is 14.3. The Morgan fingerprint density at radius 1 is 1.00 bits per heavy atom. The van der Waals surface area contributed by atoms with Crippen molar-refractivity contribution in [3.05, 3.63) is 89.7 Å². The predicted molar refractivity (Wildman–Crippen MR) is 103 cm³/mol. The summed E-state index contributed by atoms with van der Waals surface area (Å²) in [6.45, 7) is 0.153. The highest BCUT2D eigenvalue weighted by Gasteiger charge is 2.24. The maximum atomic E-state index is 11.6. The second kappa shape index (κ2) is 6.55. The number of hydrogen-bond acceptors (Lipinski definition) is 3. The highest BCUT2D eigenvalue weighted by atomic mass is 32.2. The van der Waals surface area contributed by atoms with Crippen LogP contribution < -0.4 is 4.72 Å². The van der Waals surface area contributed by atoms with Crippen LogP contribution in [-0.2, 0) is 10.0 Å². The van der Waals surface area contributed by atoms with Crippen LogP contribution in [0.25, 0.3) is 5.69 Å². The normalized spacial score (nSPS) is 16.3. The van der Waals surface area contributed by atoms with Gasteiger partial charge in [-0.05, 0) is 23.8 Å². The molecule has 0 fully saturated rings. The summed E-state index contributed by atoms with van der Waals surface area (Å²) in [6, 6.07) is 21.9. The molecule has 0 saturated heterocycles. The second-order valence-corrected chi connectivity index (χ2v) is 8.14. The molecule has 2 aromatic carbocycles. The molecule has 0 aliphatic carbocycles. The van der Waals surface area contributed by atoms with Crippen molar-refractivity contribution in [1.29, 1.82) is 0 Å². The van der Waals surface area contributed by atoms with Gasteiger partial charge >= 0.3 is 0 Å². The number of aromatic nitrogens is 1. The topological polar surface area (TPSA) is 63.5 Å². The Kier molecular flexibility index (Phi) is 4.22. The summed E-state index contributed by atoms with van der Waals surface area (Å²) >= 11 is 0. The number of nitrogens with zero attached hydrogens (tertiary/aromatic N) is 2. The van der Waals surface area contributed by atoms with Gasteiger partial charge in [0.15, 0.2) is 0 Å². The van der Waals surface area contributed by atoms with E-state index in [4.69, 9.17) is 4.99 Å². The molecule has 132 valence electrons. The highest BCUT2D eigenvalue weighted by molar-refractivity contribution is 7.88. The first kappa shape index (κ1) is 16.8. The van der Waals surface area contributed by atoms with E-state index in [-0.39, 0.29) is 12.6 Å².